The lowest BCUT2D eigenvalue weighted by Gasteiger charge is -2.03. The van der Waals surface area contributed by atoms with Crippen molar-refractivity contribution in [2.45, 2.75) is 0 Å². The number of hydrogen-bond donors (Lipinski definition) is 0. The molecule has 4 nitrogen and oxygen atoms in total. The van der Waals surface area contributed by atoms with Crippen molar-refractivity contribution in [2.75, 3.05) is 33.5 Å². The van der Waals surface area contributed by atoms with Crippen LogP contribution in [0.5, 0.6) is 0 Å². The molecule has 0 aliphatic rings. The van der Waals surface area contributed by atoms with Crippen LogP contribution in [0.4, 0.5) is 4.39 Å². The zero-order valence-electron chi connectivity index (χ0n) is 7.55. The Hall–Kier alpha value is -0.940. The van der Waals surface area contributed by atoms with E-state index >= 15 is 0 Å². The minimum Gasteiger partial charge on any atom is -0.458 e. The Morgan fingerprint density at radius 3 is 2.46 bits per heavy atom. The molecular weight excluding hydrogens is 179 g/mol. The molecule has 0 atom stereocenters. The van der Waals surface area contributed by atoms with E-state index in [4.69, 9.17) is 9.47 Å². The van der Waals surface area contributed by atoms with Crippen molar-refractivity contribution in [1.29, 1.82) is 0 Å². The van der Waals surface area contributed by atoms with E-state index in [9.17, 15) is 9.18 Å². The van der Waals surface area contributed by atoms with Crippen molar-refractivity contribution in [2.24, 2.45) is 0 Å². The smallest absolute Gasteiger partial charge is 0.366 e. The SMILES string of the molecule is C=C(F)C(=O)OCCOCCOC. The number of halogens is 1. The van der Waals surface area contributed by atoms with Crippen LogP contribution in [0, 0.1) is 0 Å². The molecular formula is C8H13FO4. The maximum absolute atomic E-state index is 12.0. The molecule has 0 amide bonds. The molecule has 0 N–H and O–H groups in total. The quantitative estimate of drug-likeness (QED) is 0.338. The van der Waals surface area contributed by atoms with Crippen molar-refractivity contribution in [3.8, 4) is 0 Å². The Morgan fingerprint density at radius 2 is 1.92 bits per heavy atom. The lowest BCUT2D eigenvalue weighted by molar-refractivity contribution is -0.142. The Kier molecular flexibility index (Phi) is 7.14. The van der Waals surface area contributed by atoms with Crippen LogP contribution in [0.15, 0.2) is 12.4 Å². The minimum atomic E-state index is -1.10. The molecule has 0 spiro atoms. The molecule has 0 aliphatic heterocycles. The fraction of sp³-hybridized carbons (Fsp3) is 0.625. The molecule has 0 aromatic carbocycles. The van der Waals surface area contributed by atoms with Crippen LogP contribution in [0.1, 0.15) is 0 Å². The van der Waals surface area contributed by atoms with Gasteiger partial charge in [0.15, 0.2) is 0 Å². The number of esters is 1. The lowest BCUT2D eigenvalue weighted by Crippen LogP contribution is -2.12. The molecule has 0 aromatic rings. The molecule has 0 radical (unpaired) electrons. The van der Waals surface area contributed by atoms with Crippen molar-refractivity contribution in [1.82, 2.24) is 0 Å². The summed E-state index contributed by atoms with van der Waals surface area (Å²) in [7, 11) is 1.55. The molecule has 0 rings (SSSR count). The molecule has 13 heavy (non-hydrogen) atoms. The van der Waals surface area contributed by atoms with E-state index in [0.29, 0.717) is 13.2 Å². The maximum Gasteiger partial charge on any atom is 0.366 e. The van der Waals surface area contributed by atoms with Gasteiger partial charge in [-0.15, -0.1) is 0 Å². The van der Waals surface area contributed by atoms with E-state index in [1.165, 1.54) is 0 Å². The van der Waals surface area contributed by atoms with Crippen LogP contribution >= 0.6 is 0 Å². The number of carbonyl (C=O) groups is 1. The fourth-order valence-corrected chi connectivity index (χ4v) is 0.516. The Morgan fingerprint density at radius 1 is 1.31 bits per heavy atom. The van der Waals surface area contributed by atoms with Gasteiger partial charge < -0.3 is 14.2 Å². The second kappa shape index (κ2) is 7.70. The van der Waals surface area contributed by atoms with E-state index in [1.807, 2.05) is 0 Å². The van der Waals surface area contributed by atoms with Crippen LogP contribution in [0.2, 0.25) is 0 Å². The molecule has 0 saturated heterocycles. The van der Waals surface area contributed by atoms with Gasteiger partial charge in [0, 0.05) is 7.11 Å². The van der Waals surface area contributed by atoms with Crippen LogP contribution in [0.25, 0.3) is 0 Å². The number of rotatable bonds is 7. The van der Waals surface area contributed by atoms with Crippen molar-refractivity contribution >= 4 is 5.97 Å². The second-order valence-corrected chi connectivity index (χ2v) is 2.15. The normalized spacial score (nSPS) is 9.69. The first-order chi connectivity index (χ1) is 6.18. The zero-order chi connectivity index (χ0) is 10.1. The van der Waals surface area contributed by atoms with Crippen molar-refractivity contribution in [3.63, 3.8) is 0 Å². The predicted molar refractivity (Wildman–Crippen MR) is 43.9 cm³/mol. The molecule has 0 unspecified atom stereocenters. The van der Waals surface area contributed by atoms with Gasteiger partial charge in [0.2, 0.25) is 5.83 Å². The molecule has 0 bridgehead atoms. The average Bonchev–Trinajstić information content (AvgIpc) is 2.10. The summed E-state index contributed by atoms with van der Waals surface area (Å²) in [6.07, 6.45) is 0. The van der Waals surface area contributed by atoms with Gasteiger partial charge in [0.1, 0.15) is 6.61 Å². The summed E-state index contributed by atoms with van der Waals surface area (Å²) in [5, 5.41) is 0. The van der Waals surface area contributed by atoms with E-state index in [0.717, 1.165) is 0 Å². The molecule has 0 saturated carbocycles. The number of ether oxygens (including phenoxy) is 3. The highest BCUT2D eigenvalue weighted by Crippen LogP contribution is 1.94. The Labute approximate surface area is 76.3 Å². The highest BCUT2D eigenvalue weighted by molar-refractivity contribution is 5.85. The van der Waals surface area contributed by atoms with Gasteiger partial charge >= 0.3 is 5.97 Å². The molecule has 0 aromatic heterocycles. The number of carbonyl (C=O) groups excluding carboxylic acids is 1. The van der Waals surface area contributed by atoms with Gasteiger partial charge in [-0.1, -0.05) is 6.58 Å². The lowest BCUT2D eigenvalue weighted by atomic mass is 10.6. The first-order valence-electron chi connectivity index (χ1n) is 3.76. The highest BCUT2D eigenvalue weighted by Gasteiger charge is 2.05. The fourth-order valence-electron chi connectivity index (χ4n) is 0.516. The summed E-state index contributed by atoms with van der Waals surface area (Å²) < 4.78 is 26.1. The van der Waals surface area contributed by atoms with Crippen LogP contribution < -0.4 is 0 Å². The average molecular weight is 192 g/mol. The first kappa shape index (κ1) is 12.1. The molecule has 76 valence electrons. The topological polar surface area (TPSA) is 44.8 Å². The van der Waals surface area contributed by atoms with Crippen molar-refractivity contribution in [3.05, 3.63) is 12.4 Å². The van der Waals surface area contributed by atoms with Gasteiger partial charge in [-0.25, -0.2) is 4.79 Å². The first-order valence-corrected chi connectivity index (χ1v) is 3.76. The number of hydrogen-bond acceptors (Lipinski definition) is 4. The highest BCUT2D eigenvalue weighted by atomic mass is 19.1. The third-order valence-corrected chi connectivity index (χ3v) is 1.11. The van der Waals surface area contributed by atoms with E-state index < -0.39 is 11.8 Å². The summed E-state index contributed by atoms with van der Waals surface area (Å²) in [6, 6.07) is 0. The zero-order valence-corrected chi connectivity index (χ0v) is 7.55. The van der Waals surface area contributed by atoms with E-state index in [2.05, 4.69) is 11.3 Å². The van der Waals surface area contributed by atoms with Gasteiger partial charge in [-0.05, 0) is 0 Å². The summed E-state index contributed by atoms with van der Waals surface area (Å²) in [5.41, 5.74) is 0. The van der Waals surface area contributed by atoms with Crippen LogP contribution in [0.3, 0.4) is 0 Å². The van der Waals surface area contributed by atoms with Gasteiger partial charge in [-0.2, -0.15) is 4.39 Å². The summed E-state index contributed by atoms with van der Waals surface area (Å²) in [4.78, 5) is 10.5. The van der Waals surface area contributed by atoms with Gasteiger partial charge in [0.25, 0.3) is 0 Å². The Balaban J connectivity index is 3.16. The third-order valence-electron chi connectivity index (χ3n) is 1.11. The predicted octanol–water partition coefficient (Wildman–Crippen LogP) is 0.676. The maximum atomic E-state index is 12.0. The molecule has 0 fully saturated rings. The molecule has 5 heteroatoms. The van der Waals surface area contributed by atoms with Crippen molar-refractivity contribution < 1.29 is 23.4 Å². The van der Waals surface area contributed by atoms with Gasteiger partial charge in [0.05, 0.1) is 19.8 Å². The van der Waals surface area contributed by atoms with Gasteiger partial charge in [-0.3, -0.25) is 0 Å². The second-order valence-electron chi connectivity index (χ2n) is 2.15. The number of methoxy groups -OCH3 is 1. The monoisotopic (exact) mass is 192 g/mol. The largest absolute Gasteiger partial charge is 0.458 e. The van der Waals surface area contributed by atoms with E-state index in [-0.39, 0.29) is 13.2 Å². The summed E-state index contributed by atoms with van der Waals surface area (Å²) in [5.74, 6) is -2.15. The third kappa shape index (κ3) is 7.42. The molecule has 0 aliphatic carbocycles. The standard InChI is InChI=1S/C8H13FO4/c1-7(9)8(10)13-6-5-12-4-3-11-2/h1,3-6H2,2H3. The summed E-state index contributed by atoms with van der Waals surface area (Å²) >= 11 is 0. The Bertz CT molecular complexity index is 170. The van der Waals surface area contributed by atoms with E-state index in [1.54, 1.807) is 7.11 Å². The van der Waals surface area contributed by atoms with Crippen LogP contribution in [-0.4, -0.2) is 39.5 Å². The molecule has 0 heterocycles. The van der Waals surface area contributed by atoms with Crippen LogP contribution in [-0.2, 0) is 19.0 Å². The summed E-state index contributed by atoms with van der Waals surface area (Å²) in [6.45, 7) is 3.92. The minimum absolute atomic E-state index is 0.0193.